The minimum Gasteiger partial charge on any atom is -0.350 e. The molecule has 0 unspecified atom stereocenters. The van der Waals surface area contributed by atoms with Crippen LogP contribution >= 0.6 is 0 Å². The van der Waals surface area contributed by atoms with Gasteiger partial charge >= 0.3 is 0 Å². The van der Waals surface area contributed by atoms with Crippen molar-refractivity contribution in [3.63, 3.8) is 0 Å². The van der Waals surface area contributed by atoms with E-state index in [9.17, 15) is 9.59 Å². The summed E-state index contributed by atoms with van der Waals surface area (Å²) >= 11 is 0. The number of aryl methyl sites for hydroxylation is 2. The van der Waals surface area contributed by atoms with Crippen molar-refractivity contribution in [2.75, 3.05) is 0 Å². The number of hydrogen-bond acceptors (Lipinski definition) is 4. The molecule has 0 atom stereocenters. The lowest BCUT2D eigenvalue weighted by atomic mass is 10.1. The van der Waals surface area contributed by atoms with Crippen LogP contribution in [0.4, 0.5) is 0 Å². The summed E-state index contributed by atoms with van der Waals surface area (Å²) in [6.07, 6.45) is 5.03. The van der Waals surface area contributed by atoms with Crippen molar-refractivity contribution >= 4 is 16.7 Å². The van der Waals surface area contributed by atoms with Crippen LogP contribution in [0.3, 0.4) is 0 Å². The van der Waals surface area contributed by atoms with Crippen LogP contribution in [-0.4, -0.2) is 20.7 Å². The van der Waals surface area contributed by atoms with Gasteiger partial charge in [-0.15, -0.1) is 0 Å². The number of rotatable bonds is 5. The normalized spacial score (nSPS) is 12.6. The molecule has 0 saturated heterocycles. The number of amides is 1. The number of nitrogens with one attached hydrogen (secondary N) is 1. The Morgan fingerprint density at radius 2 is 1.77 bits per heavy atom. The van der Waals surface area contributed by atoms with Gasteiger partial charge in [0.15, 0.2) is 0 Å². The van der Waals surface area contributed by atoms with Crippen molar-refractivity contribution in [1.82, 2.24) is 20.1 Å². The molecular formula is C25H22N4O2. The molecule has 1 aliphatic rings. The van der Waals surface area contributed by atoms with E-state index in [1.165, 1.54) is 10.2 Å². The highest BCUT2D eigenvalue weighted by molar-refractivity contribution is 5.93. The quantitative estimate of drug-likeness (QED) is 0.548. The van der Waals surface area contributed by atoms with Crippen molar-refractivity contribution in [1.29, 1.82) is 0 Å². The lowest BCUT2D eigenvalue weighted by Gasteiger charge is -2.12. The first kappa shape index (κ1) is 19.2. The average Bonchev–Trinajstić information content (AvgIpc) is 3.28. The van der Waals surface area contributed by atoms with Crippen LogP contribution in [0.5, 0.6) is 0 Å². The number of hydrogen-bond donors (Lipinski definition) is 1. The predicted octanol–water partition coefficient (Wildman–Crippen LogP) is 3.26. The Balaban J connectivity index is 1.40. The molecule has 2 aromatic carbocycles. The summed E-state index contributed by atoms with van der Waals surface area (Å²) in [5.41, 5.74) is 4.72. The first-order chi connectivity index (χ1) is 15.2. The monoisotopic (exact) mass is 410 g/mol. The summed E-state index contributed by atoms with van der Waals surface area (Å²) in [4.78, 5) is 30.1. The van der Waals surface area contributed by atoms with Gasteiger partial charge < -0.3 is 5.32 Å². The third-order valence-electron chi connectivity index (χ3n) is 5.67. The number of carbonyl (C=O) groups excluding carboxylic acids is 1. The van der Waals surface area contributed by atoms with Crippen LogP contribution < -0.4 is 10.9 Å². The molecule has 2 aromatic heterocycles. The molecule has 6 nitrogen and oxygen atoms in total. The van der Waals surface area contributed by atoms with Crippen molar-refractivity contribution in [3.05, 3.63) is 94.0 Å². The van der Waals surface area contributed by atoms with Crippen molar-refractivity contribution in [2.45, 2.75) is 32.4 Å². The summed E-state index contributed by atoms with van der Waals surface area (Å²) in [6.45, 7) is 0.245. The lowest BCUT2D eigenvalue weighted by molar-refractivity contribution is -0.122. The average molecular weight is 410 g/mol. The van der Waals surface area contributed by atoms with E-state index < -0.39 is 0 Å². The summed E-state index contributed by atoms with van der Waals surface area (Å²) in [5.74, 6) is -0.260. The lowest BCUT2D eigenvalue weighted by Crippen LogP contribution is -2.33. The second kappa shape index (κ2) is 8.14. The molecule has 2 heterocycles. The summed E-state index contributed by atoms with van der Waals surface area (Å²) in [5, 5.41) is 8.76. The number of pyridine rings is 1. The molecule has 0 aliphatic heterocycles. The maximum Gasteiger partial charge on any atom is 0.275 e. The molecule has 0 radical (unpaired) electrons. The molecule has 31 heavy (non-hydrogen) atoms. The molecule has 5 rings (SSSR count). The Morgan fingerprint density at radius 1 is 1.00 bits per heavy atom. The van der Waals surface area contributed by atoms with E-state index in [-0.39, 0.29) is 18.0 Å². The number of carbonyl (C=O) groups is 1. The number of aromatic nitrogens is 3. The first-order valence-electron chi connectivity index (χ1n) is 10.5. The van der Waals surface area contributed by atoms with Gasteiger partial charge in [0.05, 0.1) is 11.1 Å². The highest BCUT2D eigenvalue weighted by Crippen LogP contribution is 2.24. The van der Waals surface area contributed by atoms with Gasteiger partial charge in [0, 0.05) is 29.4 Å². The van der Waals surface area contributed by atoms with Crippen LogP contribution in [-0.2, 0) is 30.7 Å². The maximum absolute atomic E-state index is 13.0. The zero-order valence-electron chi connectivity index (χ0n) is 17.0. The summed E-state index contributed by atoms with van der Waals surface area (Å²) in [7, 11) is 0. The van der Waals surface area contributed by atoms with Gasteiger partial charge in [-0.3, -0.25) is 14.6 Å². The molecule has 0 spiro atoms. The summed E-state index contributed by atoms with van der Waals surface area (Å²) < 4.78 is 1.25. The molecule has 1 aliphatic carbocycles. The van der Waals surface area contributed by atoms with E-state index in [0.717, 1.165) is 41.5 Å². The Morgan fingerprint density at radius 3 is 2.61 bits per heavy atom. The van der Waals surface area contributed by atoms with Gasteiger partial charge in [0.25, 0.3) is 5.56 Å². The predicted molar refractivity (Wildman–Crippen MR) is 120 cm³/mol. The molecule has 0 fully saturated rings. The molecule has 0 saturated carbocycles. The largest absolute Gasteiger partial charge is 0.350 e. The second-order valence-electron chi connectivity index (χ2n) is 7.80. The molecular weight excluding hydrogens is 388 g/mol. The molecule has 1 N–H and O–H groups in total. The standard InChI is InChI=1S/C25H22N4O2/c30-23(27-15-17-13-19-9-6-12-22(19)26-14-17)16-29-25(31)21-11-5-4-10-20(21)24(28-29)18-7-2-1-3-8-18/h1-5,7-8,10-11,13-14H,6,9,12,15-16H2,(H,27,30). The number of nitrogens with zero attached hydrogens (tertiary/aromatic N) is 3. The fraction of sp³-hybridized carbons (Fsp3) is 0.200. The van der Waals surface area contributed by atoms with Crippen LogP contribution in [0.25, 0.3) is 22.0 Å². The third-order valence-corrected chi connectivity index (χ3v) is 5.67. The highest BCUT2D eigenvalue weighted by atomic mass is 16.2. The van der Waals surface area contributed by atoms with Gasteiger partial charge in [-0.2, -0.15) is 5.10 Å². The van der Waals surface area contributed by atoms with Crippen molar-refractivity contribution in [3.8, 4) is 11.3 Å². The fourth-order valence-electron chi connectivity index (χ4n) is 4.12. The van der Waals surface area contributed by atoms with Gasteiger partial charge in [0.2, 0.25) is 5.91 Å². The molecule has 0 bridgehead atoms. The van der Waals surface area contributed by atoms with E-state index in [4.69, 9.17) is 0 Å². The van der Waals surface area contributed by atoms with Crippen LogP contribution in [0, 0.1) is 0 Å². The molecule has 154 valence electrons. The van der Waals surface area contributed by atoms with Crippen molar-refractivity contribution < 1.29 is 4.79 Å². The summed E-state index contributed by atoms with van der Waals surface area (Å²) in [6, 6.07) is 19.2. The van der Waals surface area contributed by atoms with Crippen LogP contribution in [0.15, 0.2) is 71.7 Å². The Hall–Kier alpha value is -3.80. The zero-order chi connectivity index (χ0) is 21.2. The number of fused-ring (bicyclic) bond motifs is 2. The smallest absolute Gasteiger partial charge is 0.275 e. The van der Waals surface area contributed by atoms with E-state index in [1.54, 1.807) is 6.07 Å². The topological polar surface area (TPSA) is 76.9 Å². The molecule has 1 amide bonds. The Labute approximate surface area is 179 Å². The van der Waals surface area contributed by atoms with E-state index >= 15 is 0 Å². The zero-order valence-corrected chi connectivity index (χ0v) is 17.0. The maximum atomic E-state index is 13.0. The minimum absolute atomic E-state index is 0.137. The Kier molecular flexibility index (Phi) is 5.04. The Bertz CT molecular complexity index is 1330. The third kappa shape index (κ3) is 3.84. The first-order valence-corrected chi connectivity index (χ1v) is 10.5. The van der Waals surface area contributed by atoms with Crippen LogP contribution in [0.2, 0.25) is 0 Å². The fourth-order valence-corrected chi connectivity index (χ4v) is 4.12. The van der Waals surface area contributed by atoms with E-state index in [0.29, 0.717) is 17.6 Å². The van der Waals surface area contributed by atoms with Crippen LogP contribution in [0.1, 0.15) is 23.2 Å². The van der Waals surface area contributed by atoms with Gasteiger partial charge in [-0.05, 0) is 36.5 Å². The van der Waals surface area contributed by atoms with Crippen molar-refractivity contribution in [2.24, 2.45) is 0 Å². The van der Waals surface area contributed by atoms with Gasteiger partial charge in [-0.25, -0.2) is 4.68 Å². The SMILES string of the molecule is O=C(Cn1nc(-c2ccccc2)c2ccccc2c1=O)NCc1cnc2c(c1)CCC2. The number of benzene rings is 2. The minimum atomic E-state index is -0.273. The molecule has 4 aromatic rings. The van der Waals surface area contributed by atoms with Gasteiger partial charge in [0.1, 0.15) is 6.54 Å². The molecule has 6 heteroatoms. The van der Waals surface area contributed by atoms with E-state index in [1.807, 2.05) is 54.7 Å². The van der Waals surface area contributed by atoms with E-state index in [2.05, 4.69) is 21.5 Å². The highest BCUT2D eigenvalue weighted by Gasteiger charge is 2.15. The second-order valence-corrected chi connectivity index (χ2v) is 7.80. The van der Waals surface area contributed by atoms with Gasteiger partial charge in [-0.1, -0.05) is 54.6 Å².